The standard InChI is InChI=1S/C14H22N2O3/c1-6-18-9-8-12-11(13(17)19-7-2)10-16(15-12)14(3,4)5/h8-10H,6-7H2,1-5H3. The number of hydrogen-bond donors (Lipinski definition) is 0. The van der Waals surface area contributed by atoms with Gasteiger partial charge in [-0.1, -0.05) is 0 Å². The lowest BCUT2D eigenvalue weighted by molar-refractivity contribution is 0.0526. The van der Waals surface area contributed by atoms with Crippen LogP contribution in [0.2, 0.25) is 0 Å². The predicted octanol–water partition coefficient (Wildman–Crippen LogP) is 2.82. The van der Waals surface area contributed by atoms with Crippen LogP contribution in [0.1, 0.15) is 50.7 Å². The van der Waals surface area contributed by atoms with Crippen molar-refractivity contribution in [1.29, 1.82) is 0 Å². The van der Waals surface area contributed by atoms with Gasteiger partial charge in [-0.15, -0.1) is 0 Å². The van der Waals surface area contributed by atoms with E-state index in [4.69, 9.17) is 9.47 Å². The van der Waals surface area contributed by atoms with E-state index in [1.165, 1.54) is 6.26 Å². The molecule has 5 heteroatoms. The summed E-state index contributed by atoms with van der Waals surface area (Å²) in [5, 5.41) is 4.41. The molecule has 1 rings (SSSR count). The van der Waals surface area contributed by atoms with E-state index in [-0.39, 0.29) is 11.5 Å². The first kappa shape index (κ1) is 15.3. The topological polar surface area (TPSA) is 53.4 Å². The highest BCUT2D eigenvalue weighted by Gasteiger charge is 2.21. The van der Waals surface area contributed by atoms with Crippen LogP contribution < -0.4 is 0 Å². The number of carbonyl (C=O) groups excluding carboxylic acids is 1. The molecule has 106 valence electrons. The first-order chi connectivity index (χ1) is 8.90. The van der Waals surface area contributed by atoms with Gasteiger partial charge in [-0.05, 0) is 34.6 Å². The third-order valence-electron chi connectivity index (χ3n) is 2.41. The maximum absolute atomic E-state index is 11.9. The van der Waals surface area contributed by atoms with Crippen molar-refractivity contribution in [2.24, 2.45) is 0 Å². The number of nitrogens with zero attached hydrogens (tertiary/aromatic N) is 2. The van der Waals surface area contributed by atoms with Crippen LogP contribution in [-0.4, -0.2) is 29.0 Å². The molecule has 0 unspecified atom stereocenters. The van der Waals surface area contributed by atoms with E-state index in [1.54, 1.807) is 23.9 Å². The second-order valence-electron chi connectivity index (χ2n) is 5.02. The average Bonchev–Trinajstić information content (AvgIpc) is 2.74. The van der Waals surface area contributed by atoms with E-state index in [0.29, 0.717) is 24.5 Å². The summed E-state index contributed by atoms with van der Waals surface area (Å²) in [5.74, 6) is -0.367. The quantitative estimate of drug-likeness (QED) is 0.607. The molecule has 0 aliphatic carbocycles. The van der Waals surface area contributed by atoms with Crippen LogP contribution >= 0.6 is 0 Å². The molecular weight excluding hydrogens is 244 g/mol. The summed E-state index contributed by atoms with van der Waals surface area (Å²) in [7, 11) is 0. The minimum atomic E-state index is -0.367. The summed E-state index contributed by atoms with van der Waals surface area (Å²) in [6.45, 7) is 10.6. The Bertz CT molecular complexity index is 456. The van der Waals surface area contributed by atoms with E-state index >= 15 is 0 Å². The van der Waals surface area contributed by atoms with E-state index in [1.807, 2.05) is 27.7 Å². The molecule has 1 aromatic rings. The molecule has 0 saturated heterocycles. The second kappa shape index (κ2) is 6.41. The van der Waals surface area contributed by atoms with Gasteiger partial charge in [-0.25, -0.2) is 4.79 Å². The molecule has 0 aliphatic rings. The molecular formula is C14H22N2O3. The smallest absolute Gasteiger partial charge is 0.341 e. The van der Waals surface area contributed by atoms with Gasteiger partial charge < -0.3 is 9.47 Å². The molecule has 0 atom stereocenters. The molecule has 0 amide bonds. The van der Waals surface area contributed by atoms with Gasteiger partial charge in [0, 0.05) is 12.3 Å². The third kappa shape index (κ3) is 4.12. The lowest BCUT2D eigenvalue weighted by Crippen LogP contribution is -2.22. The maximum atomic E-state index is 11.9. The summed E-state index contributed by atoms with van der Waals surface area (Å²) < 4.78 is 11.9. The zero-order valence-corrected chi connectivity index (χ0v) is 12.3. The fourth-order valence-corrected chi connectivity index (χ4v) is 1.43. The van der Waals surface area contributed by atoms with Gasteiger partial charge in [-0.2, -0.15) is 5.10 Å². The highest BCUT2D eigenvalue weighted by Crippen LogP contribution is 2.18. The number of carbonyl (C=O) groups is 1. The van der Waals surface area contributed by atoms with Crippen LogP contribution in [0, 0.1) is 0 Å². The Balaban J connectivity index is 3.11. The van der Waals surface area contributed by atoms with Gasteiger partial charge in [0.2, 0.25) is 0 Å². The third-order valence-corrected chi connectivity index (χ3v) is 2.41. The minimum Gasteiger partial charge on any atom is -0.501 e. The summed E-state index contributed by atoms with van der Waals surface area (Å²) in [6.07, 6.45) is 4.93. The Morgan fingerprint density at radius 1 is 1.37 bits per heavy atom. The van der Waals surface area contributed by atoms with Crippen molar-refractivity contribution in [3.8, 4) is 0 Å². The Morgan fingerprint density at radius 2 is 2.05 bits per heavy atom. The number of ether oxygens (including phenoxy) is 2. The van der Waals surface area contributed by atoms with Crippen molar-refractivity contribution in [3.05, 3.63) is 23.7 Å². The maximum Gasteiger partial charge on any atom is 0.341 e. The van der Waals surface area contributed by atoms with Gasteiger partial charge in [0.05, 0.1) is 25.0 Å². The summed E-state index contributed by atoms with van der Waals surface area (Å²) in [5.41, 5.74) is 0.813. The molecule has 0 aromatic carbocycles. The molecule has 1 heterocycles. The Kier molecular flexibility index (Phi) is 5.15. The van der Waals surface area contributed by atoms with Crippen LogP contribution in [0.5, 0.6) is 0 Å². The van der Waals surface area contributed by atoms with Crippen LogP contribution in [0.3, 0.4) is 0 Å². The van der Waals surface area contributed by atoms with Crippen LogP contribution in [0.15, 0.2) is 12.5 Å². The highest BCUT2D eigenvalue weighted by atomic mass is 16.5. The van der Waals surface area contributed by atoms with Gasteiger partial charge in [0.15, 0.2) is 0 Å². The van der Waals surface area contributed by atoms with Crippen molar-refractivity contribution < 1.29 is 14.3 Å². The summed E-state index contributed by atoms with van der Waals surface area (Å²) in [4.78, 5) is 11.9. The van der Waals surface area contributed by atoms with Gasteiger partial charge >= 0.3 is 5.97 Å². The molecule has 0 N–H and O–H groups in total. The van der Waals surface area contributed by atoms with Crippen LogP contribution in [-0.2, 0) is 15.0 Å². The molecule has 0 bridgehead atoms. The van der Waals surface area contributed by atoms with E-state index < -0.39 is 0 Å². The molecule has 19 heavy (non-hydrogen) atoms. The Labute approximate surface area is 114 Å². The lowest BCUT2D eigenvalue weighted by atomic mass is 10.1. The molecule has 5 nitrogen and oxygen atoms in total. The zero-order chi connectivity index (χ0) is 14.5. The first-order valence-corrected chi connectivity index (χ1v) is 6.45. The molecule has 0 saturated carbocycles. The highest BCUT2D eigenvalue weighted by molar-refractivity contribution is 5.92. The molecule has 0 aliphatic heterocycles. The lowest BCUT2D eigenvalue weighted by Gasteiger charge is -2.18. The monoisotopic (exact) mass is 266 g/mol. The molecule has 0 spiro atoms. The van der Waals surface area contributed by atoms with Crippen molar-refractivity contribution >= 4 is 12.0 Å². The fourth-order valence-electron chi connectivity index (χ4n) is 1.43. The average molecular weight is 266 g/mol. The minimum absolute atomic E-state index is 0.195. The predicted molar refractivity (Wildman–Crippen MR) is 73.8 cm³/mol. The fraction of sp³-hybridized carbons (Fsp3) is 0.571. The van der Waals surface area contributed by atoms with E-state index in [0.717, 1.165) is 0 Å². The van der Waals surface area contributed by atoms with Crippen molar-refractivity contribution in [2.45, 2.75) is 40.2 Å². The molecule has 0 radical (unpaired) electrons. The number of aromatic nitrogens is 2. The summed E-state index contributed by atoms with van der Waals surface area (Å²) in [6, 6.07) is 0. The van der Waals surface area contributed by atoms with Crippen LogP contribution in [0.25, 0.3) is 6.08 Å². The van der Waals surface area contributed by atoms with Crippen molar-refractivity contribution in [3.63, 3.8) is 0 Å². The van der Waals surface area contributed by atoms with Crippen molar-refractivity contribution in [2.75, 3.05) is 13.2 Å². The molecule has 1 aromatic heterocycles. The largest absolute Gasteiger partial charge is 0.501 e. The molecule has 0 fully saturated rings. The number of rotatable bonds is 5. The Morgan fingerprint density at radius 3 is 2.58 bits per heavy atom. The number of hydrogen-bond acceptors (Lipinski definition) is 4. The van der Waals surface area contributed by atoms with Gasteiger partial charge in [-0.3, -0.25) is 4.68 Å². The normalized spacial score (nSPS) is 11.8. The second-order valence-corrected chi connectivity index (χ2v) is 5.02. The van der Waals surface area contributed by atoms with E-state index in [2.05, 4.69) is 5.10 Å². The first-order valence-electron chi connectivity index (χ1n) is 6.45. The van der Waals surface area contributed by atoms with E-state index in [9.17, 15) is 4.79 Å². The van der Waals surface area contributed by atoms with Crippen LogP contribution in [0.4, 0.5) is 0 Å². The number of esters is 1. The Hall–Kier alpha value is -1.78. The van der Waals surface area contributed by atoms with Gasteiger partial charge in [0.25, 0.3) is 0 Å². The SMILES string of the molecule is CCOC=Cc1nn(C(C)(C)C)cc1C(=O)OCC. The van der Waals surface area contributed by atoms with Crippen molar-refractivity contribution in [1.82, 2.24) is 9.78 Å². The summed E-state index contributed by atoms with van der Waals surface area (Å²) >= 11 is 0. The zero-order valence-electron chi connectivity index (χ0n) is 12.3. The van der Waals surface area contributed by atoms with Gasteiger partial charge in [0.1, 0.15) is 11.3 Å².